The normalized spacial score (nSPS) is 20.0. The molecule has 2 aliphatic rings. The molecule has 0 bridgehead atoms. The minimum atomic E-state index is -3.47. The van der Waals surface area contributed by atoms with Crippen LogP contribution in [-0.4, -0.2) is 24.7 Å². The molecule has 2 aromatic heterocycles. The molecule has 2 saturated carbocycles. The third kappa shape index (κ3) is 3.34. The summed E-state index contributed by atoms with van der Waals surface area (Å²) in [7, 11) is -3.47. The lowest BCUT2D eigenvalue weighted by Gasteiger charge is -2.22. The van der Waals surface area contributed by atoms with Crippen molar-refractivity contribution in [3.8, 4) is 11.5 Å². The second-order valence-electron chi connectivity index (χ2n) is 6.33. The van der Waals surface area contributed by atoms with E-state index in [1.165, 1.54) is 17.8 Å². The minimum absolute atomic E-state index is 0.0594. The Balaban J connectivity index is 1.51. The van der Waals surface area contributed by atoms with E-state index in [4.69, 9.17) is 4.42 Å². The molecule has 0 aromatic carbocycles. The summed E-state index contributed by atoms with van der Waals surface area (Å²) >= 11 is 1.19. The van der Waals surface area contributed by atoms with E-state index in [0.29, 0.717) is 27.5 Å². The van der Waals surface area contributed by atoms with Crippen molar-refractivity contribution in [2.75, 3.05) is 0 Å². The molecule has 124 valence electrons. The van der Waals surface area contributed by atoms with Gasteiger partial charge in [-0.15, -0.1) is 21.5 Å². The maximum atomic E-state index is 12.5. The van der Waals surface area contributed by atoms with Crippen molar-refractivity contribution in [3.63, 3.8) is 0 Å². The second kappa shape index (κ2) is 5.99. The number of hydrogen-bond donors (Lipinski definition) is 1. The summed E-state index contributed by atoms with van der Waals surface area (Å²) < 4.78 is 33.8. The van der Waals surface area contributed by atoms with E-state index in [9.17, 15) is 8.42 Å². The smallest absolute Gasteiger partial charge is 0.250 e. The van der Waals surface area contributed by atoms with Crippen molar-refractivity contribution in [3.05, 3.63) is 17.3 Å². The molecule has 6 nitrogen and oxygen atoms in total. The molecule has 2 aromatic rings. The maximum absolute atomic E-state index is 12.5. The van der Waals surface area contributed by atoms with E-state index in [1.54, 1.807) is 11.4 Å². The monoisotopic (exact) mass is 353 g/mol. The predicted octanol–water partition coefficient (Wildman–Crippen LogP) is 3.29. The number of rotatable bonds is 5. The van der Waals surface area contributed by atoms with Crippen molar-refractivity contribution in [1.82, 2.24) is 14.9 Å². The standard InChI is InChI=1S/C15H19N3O3S2/c19-23(20,18-12-4-2-1-3-5-12)13-8-11(9-22-13)15-17-16-14(21-15)10-6-7-10/h8-10,12,18H,1-7H2. The zero-order valence-electron chi connectivity index (χ0n) is 12.7. The van der Waals surface area contributed by atoms with Crippen LogP contribution in [0.4, 0.5) is 0 Å². The fourth-order valence-electron chi connectivity index (χ4n) is 2.91. The molecule has 0 atom stereocenters. The molecule has 2 fully saturated rings. The number of nitrogens with zero attached hydrogens (tertiary/aromatic N) is 2. The lowest BCUT2D eigenvalue weighted by atomic mass is 9.96. The molecule has 8 heteroatoms. The van der Waals surface area contributed by atoms with Crippen molar-refractivity contribution < 1.29 is 12.8 Å². The van der Waals surface area contributed by atoms with Gasteiger partial charge in [-0.1, -0.05) is 19.3 Å². The highest BCUT2D eigenvalue weighted by Crippen LogP contribution is 2.40. The van der Waals surface area contributed by atoms with Gasteiger partial charge >= 0.3 is 0 Å². The Hall–Kier alpha value is -1.25. The lowest BCUT2D eigenvalue weighted by molar-refractivity contribution is 0.412. The van der Waals surface area contributed by atoms with Crippen molar-refractivity contribution in [2.45, 2.75) is 61.1 Å². The van der Waals surface area contributed by atoms with E-state index in [0.717, 1.165) is 38.5 Å². The van der Waals surface area contributed by atoms with Gasteiger partial charge in [-0.2, -0.15) is 0 Å². The SMILES string of the molecule is O=S(=O)(NC1CCCCC1)c1cc(-c2nnc(C3CC3)o2)cs1. The van der Waals surface area contributed by atoms with Crippen LogP contribution in [0.25, 0.3) is 11.5 Å². The zero-order valence-corrected chi connectivity index (χ0v) is 14.3. The molecule has 4 rings (SSSR count). The van der Waals surface area contributed by atoms with Crippen LogP contribution in [0, 0.1) is 0 Å². The number of sulfonamides is 1. The van der Waals surface area contributed by atoms with Crippen LogP contribution in [0.5, 0.6) is 0 Å². The van der Waals surface area contributed by atoms with E-state index < -0.39 is 10.0 Å². The lowest BCUT2D eigenvalue weighted by Crippen LogP contribution is -2.35. The summed E-state index contributed by atoms with van der Waals surface area (Å²) in [4.78, 5) is 0. The van der Waals surface area contributed by atoms with Gasteiger partial charge in [0.25, 0.3) is 0 Å². The Morgan fingerprint density at radius 3 is 2.65 bits per heavy atom. The third-order valence-corrected chi connectivity index (χ3v) is 7.34. The molecule has 1 N–H and O–H groups in total. The van der Waals surface area contributed by atoms with Gasteiger partial charge in [-0.25, -0.2) is 13.1 Å². The summed E-state index contributed by atoms with van der Waals surface area (Å²) in [5.74, 6) is 1.46. The Labute approximate surface area is 139 Å². The molecule has 0 amide bonds. The van der Waals surface area contributed by atoms with Crippen molar-refractivity contribution >= 4 is 21.4 Å². The largest absolute Gasteiger partial charge is 0.420 e. The van der Waals surface area contributed by atoms with Gasteiger partial charge in [0.1, 0.15) is 4.21 Å². The highest BCUT2D eigenvalue weighted by molar-refractivity contribution is 7.91. The zero-order chi connectivity index (χ0) is 15.9. The van der Waals surface area contributed by atoms with E-state index in [2.05, 4.69) is 14.9 Å². The summed E-state index contributed by atoms with van der Waals surface area (Å²) in [5, 5.41) is 9.84. The number of nitrogens with one attached hydrogen (secondary N) is 1. The molecule has 0 radical (unpaired) electrons. The van der Waals surface area contributed by atoms with Gasteiger partial charge in [0.2, 0.25) is 21.8 Å². The first-order chi connectivity index (χ1) is 11.1. The maximum Gasteiger partial charge on any atom is 0.250 e. The third-order valence-electron chi connectivity index (χ3n) is 4.38. The van der Waals surface area contributed by atoms with Gasteiger partial charge in [0, 0.05) is 17.3 Å². The molecule has 2 heterocycles. The molecule has 23 heavy (non-hydrogen) atoms. The first-order valence-corrected chi connectivity index (χ1v) is 10.4. The number of aromatic nitrogens is 2. The van der Waals surface area contributed by atoms with Gasteiger partial charge in [-0.05, 0) is 31.7 Å². The van der Waals surface area contributed by atoms with Crippen LogP contribution in [0.2, 0.25) is 0 Å². The topological polar surface area (TPSA) is 85.1 Å². The Morgan fingerprint density at radius 1 is 1.13 bits per heavy atom. The quantitative estimate of drug-likeness (QED) is 0.891. The van der Waals surface area contributed by atoms with E-state index in [-0.39, 0.29) is 6.04 Å². The van der Waals surface area contributed by atoms with Crippen LogP contribution in [0.3, 0.4) is 0 Å². The molecular weight excluding hydrogens is 334 g/mol. The molecule has 0 aliphatic heterocycles. The molecule has 0 saturated heterocycles. The summed E-state index contributed by atoms with van der Waals surface area (Å²) in [5.41, 5.74) is 0.679. The van der Waals surface area contributed by atoms with Crippen LogP contribution in [-0.2, 0) is 10.0 Å². The second-order valence-corrected chi connectivity index (χ2v) is 9.18. The molecule has 0 unspecified atom stereocenters. The predicted molar refractivity (Wildman–Crippen MR) is 86.8 cm³/mol. The first kappa shape index (κ1) is 15.3. The van der Waals surface area contributed by atoms with Gasteiger partial charge < -0.3 is 4.42 Å². The van der Waals surface area contributed by atoms with Gasteiger partial charge in [-0.3, -0.25) is 0 Å². The Kier molecular flexibility index (Phi) is 3.98. The van der Waals surface area contributed by atoms with Crippen LogP contribution < -0.4 is 4.72 Å². The summed E-state index contributed by atoms with van der Waals surface area (Å²) in [6.45, 7) is 0. The summed E-state index contributed by atoms with van der Waals surface area (Å²) in [6.07, 6.45) is 7.41. The summed E-state index contributed by atoms with van der Waals surface area (Å²) in [6, 6.07) is 1.68. The van der Waals surface area contributed by atoms with E-state index >= 15 is 0 Å². The van der Waals surface area contributed by atoms with Crippen LogP contribution in [0.1, 0.15) is 56.8 Å². The van der Waals surface area contributed by atoms with Gasteiger partial charge in [0.15, 0.2) is 0 Å². The highest BCUT2D eigenvalue weighted by atomic mass is 32.2. The molecule has 2 aliphatic carbocycles. The van der Waals surface area contributed by atoms with Crippen molar-refractivity contribution in [1.29, 1.82) is 0 Å². The highest BCUT2D eigenvalue weighted by Gasteiger charge is 2.30. The molecule has 0 spiro atoms. The first-order valence-electron chi connectivity index (χ1n) is 8.06. The fraction of sp³-hybridized carbons (Fsp3) is 0.600. The van der Waals surface area contributed by atoms with E-state index in [1.807, 2.05) is 0 Å². The molecular formula is C15H19N3O3S2. The fourth-order valence-corrected chi connectivity index (χ4v) is 5.39. The number of hydrogen-bond acceptors (Lipinski definition) is 6. The average Bonchev–Trinajstić information content (AvgIpc) is 3.07. The van der Waals surface area contributed by atoms with Crippen LogP contribution in [0.15, 0.2) is 20.1 Å². The van der Waals surface area contributed by atoms with Crippen molar-refractivity contribution in [2.24, 2.45) is 0 Å². The average molecular weight is 353 g/mol. The Bertz CT molecular complexity index is 787. The van der Waals surface area contributed by atoms with Gasteiger partial charge in [0.05, 0.1) is 5.56 Å². The Morgan fingerprint density at radius 2 is 1.91 bits per heavy atom. The van der Waals surface area contributed by atoms with Crippen LogP contribution >= 0.6 is 11.3 Å². The minimum Gasteiger partial charge on any atom is -0.420 e. The number of thiophene rings is 1.